The average molecular weight is 342 g/mol. The third kappa shape index (κ3) is 4.62. The monoisotopic (exact) mass is 342 g/mol. The van der Waals surface area contributed by atoms with Crippen molar-refractivity contribution in [2.75, 3.05) is 26.2 Å². The molecule has 0 atom stereocenters. The summed E-state index contributed by atoms with van der Waals surface area (Å²) in [5.74, 6) is 0.440. The second-order valence-electron chi connectivity index (χ2n) is 7.35. The summed E-state index contributed by atoms with van der Waals surface area (Å²) in [5.41, 5.74) is 4.01. The Morgan fingerprint density at radius 1 is 0.920 bits per heavy atom. The van der Waals surface area contributed by atoms with Gasteiger partial charge in [-0.3, -0.25) is 9.59 Å². The fourth-order valence-corrected chi connectivity index (χ4v) is 3.92. The number of benzene rings is 1. The van der Waals surface area contributed by atoms with Gasteiger partial charge in [0.05, 0.1) is 6.42 Å². The van der Waals surface area contributed by atoms with Gasteiger partial charge in [0.1, 0.15) is 0 Å². The number of hydrogen-bond donors (Lipinski definition) is 0. The van der Waals surface area contributed by atoms with Crippen molar-refractivity contribution in [2.24, 2.45) is 0 Å². The van der Waals surface area contributed by atoms with Crippen LogP contribution >= 0.6 is 0 Å². The second-order valence-corrected chi connectivity index (χ2v) is 7.35. The van der Waals surface area contributed by atoms with Gasteiger partial charge in [-0.25, -0.2) is 0 Å². The summed E-state index contributed by atoms with van der Waals surface area (Å²) < 4.78 is 0. The Morgan fingerprint density at radius 3 is 2.40 bits per heavy atom. The lowest BCUT2D eigenvalue weighted by atomic mass is 10.0. The first-order valence-electron chi connectivity index (χ1n) is 9.83. The summed E-state index contributed by atoms with van der Waals surface area (Å²) in [5, 5.41) is 0. The molecule has 4 heteroatoms. The molecule has 0 saturated carbocycles. The molecule has 136 valence electrons. The normalized spacial score (nSPS) is 17.3. The zero-order valence-electron chi connectivity index (χ0n) is 15.4. The molecule has 2 aliphatic rings. The van der Waals surface area contributed by atoms with Gasteiger partial charge in [0.25, 0.3) is 0 Å². The lowest BCUT2D eigenvalue weighted by Crippen LogP contribution is -2.37. The Hall–Kier alpha value is -1.84. The van der Waals surface area contributed by atoms with Crippen molar-refractivity contribution in [3.05, 3.63) is 34.9 Å². The van der Waals surface area contributed by atoms with E-state index in [4.69, 9.17) is 0 Å². The van der Waals surface area contributed by atoms with Crippen LogP contribution in [0.25, 0.3) is 0 Å². The Bertz CT molecular complexity index is 626. The zero-order valence-corrected chi connectivity index (χ0v) is 15.4. The van der Waals surface area contributed by atoms with E-state index in [1.165, 1.54) is 24.0 Å². The minimum Gasteiger partial charge on any atom is -0.341 e. The van der Waals surface area contributed by atoms with Crippen LogP contribution in [0.1, 0.15) is 55.7 Å². The predicted molar refractivity (Wildman–Crippen MR) is 99.5 cm³/mol. The summed E-state index contributed by atoms with van der Waals surface area (Å²) in [4.78, 5) is 28.8. The number of hydrogen-bond acceptors (Lipinski definition) is 2. The quantitative estimate of drug-likeness (QED) is 0.825. The summed E-state index contributed by atoms with van der Waals surface area (Å²) in [6, 6.07) is 6.53. The van der Waals surface area contributed by atoms with Crippen LogP contribution < -0.4 is 0 Å². The molecule has 0 aromatic heterocycles. The van der Waals surface area contributed by atoms with Crippen molar-refractivity contribution in [1.82, 2.24) is 9.80 Å². The molecular weight excluding hydrogens is 312 g/mol. The number of nitrogens with zero attached hydrogens (tertiary/aromatic N) is 2. The van der Waals surface area contributed by atoms with E-state index in [-0.39, 0.29) is 11.8 Å². The van der Waals surface area contributed by atoms with Gasteiger partial charge in [-0.05, 0) is 48.8 Å². The molecule has 1 aliphatic carbocycles. The van der Waals surface area contributed by atoms with Gasteiger partial charge in [-0.1, -0.05) is 31.5 Å². The molecule has 0 unspecified atom stereocenters. The molecule has 1 heterocycles. The van der Waals surface area contributed by atoms with E-state index in [0.29, 0.717) is 25.9 Å². The molecule has 0 N–H and O–H groups in total. The third-order valence-corrected chi connectivity index (χ3v) is 5.46. The Morgan fingerprint density at radius 2 is 1.64 bits per heavy atom. The molecule has 1 fully saturated rings. The maximum absolute atomic E-state index is 12.7. The fraction of sp³-hybridized carbons (Fsp3) is 0.619. The highest BCUT2D eigenvalue weighted by Gasteiger charge is 2.22. The number of carbonyl (C=O) groups is 2. The van der Waals surface area contributed by atoms with Gasteiger partial charge in [-0.2, -0.15) is 0 Å². The minimum atomic E-state index is 0.195. The van der Waals surface area contributed by atoms with Gasteiger partial charge < -0.3 is 9.80 Å². The fourth-order valence-electron chi connectivity index (χ4n) is 3.92. The highest BCUT2D eigenvalue weighted by Crippen LogP contribution is 2.23. The van der Waals surface area contributed by atoms with Gasteiger partial charge >= 0.3 is 0 Å². The Labute approximate surface area is 151 Å². The molecule has 0 spiro atoms. The number of rotatable bonds is 5. The SMILES string of the molecule is CCCCC(=O)N1CCCN(C(=O)Cc2ccc3c(c2)CCC3)CC1. The zero-order chi connectivity index (χ0) is 17.6. The summed E-state index contributed by atoms with van der Waals surface area (Å²) in [6.45, 7) is 5.00. The maximum atomic E-state index is 12.7. The van der Waals surface area contributed by atoms with E-state index >= 15 is 0 Å². The molecule has 3 rings (SSSR count). The van der Waals surface area contributed by atoms with Crippen molar-refractivity contribution >= 4 is 11.8 Å². The molecule has 25 heavy (non-hydrogen) atoms. The van der Waals surface area contributed by atoms with Gasteiger partial charge in [0.2, 0.25) is 11.8 Å². The number of unbranched alkanes of at least 4 members (excludes halogenated alkanes) is 1. The highest BCUT2D eigenvalue weighted by molar-refractivity contribution is 5.79. The average Bonchev–Trinajstić information content (AvgIpc) is 2.93. The standard InChI is InChI=1S/C21H30N2O2/c1-2-3-8-20(24)22-11-5-12-23(14-13-22)21(25)16-17-9-10-18-6-4-7-19(18)15-17/h9-10,15H,2-8,11-14,16H2,1H3. The van der Waals surface area contributed by atoms with Crippen LogP contribution in [0.4, 0.5) is 0 Å². The first-order valence-corrected chi connectivity index (χ1v) is 9.83. The van der Waals surface area contributed by atoms with Crippen molar-refractivity contribution in [3.63, 3.8) is 0 Å². The highest BCUT2D eigenvalue weighted by atomic mass is 16.2. The Kier molecular flexibility index (Phi) is 6.11. The van der Waals surface area contributed by atoms with Crippen LogP contribution in [0.3, 0.4) is 0 Å². The van der Waals surface area contributed by atoms with E-state index in [9.17, 15) is 9.59 Å². The Balaban J connectivity index is 1.53. The first-order chi connectivity index (χ1) is 12.2. The van der Waals surface area contributed by atoms with E-state index in [2.05, 4.69) is 25.1 Å². The molecule has 0 bridgehead atoms. The molecule has 1 aromatic rings. The van der Waals surface area contributed by atoms with Crippen LogP contribution in [0.15, 0.2) is 18.2 Å². The second kappa shape index (κ2) is 8.50. The molecule has 1 saturated heterocycles. The smallest absolute Gasteiger partial charge is 0.227 e. The van der Waals surface area contributed by atoms with Gasteiger partial charge in [0.15, 0.2) is 0 Å². The number of fused-ring (bicyclic) bond motifs is 1. The van der Waals surface area contributed by atoms with Crippen molar-refractivity contribution < 1.29 is 9.59 Å². The van der Waals surface area contributed by atoms with Gasteiger partial charge in [0, 0.05) is 32.6 Å². The van der Waals surface area contributed by atoms with E-state index in [1.54, 1.807) is 0 Å². The summed E-state index contributed by atoms with van der Waals surface area (Å²) >= 11 is 0. The lowest BCUT2D eigenvalue weighted by Gasteiger charge is -2.22. The van der Waals surface area contributed by atoms with Crippen molar-refractivity contribution in [3.8, 4) is 0 Å². The molecular formula is C21H30N2O2. The summed E-state index contributed by atoms with van der Waals surface area (Å²) in [7, 11) is 0. The topological polar surface area (TPSA) is 40.6 Å². The maximum Gasteiger partial charge on any atom is 0.227 e. The van der Waals surface area contributed by atoms with E-state index < -0.39 is 0 Å². The minimum absolute atomic E-state index is 0.195. The van der Waals surface area contributed by atoms with Crippen LogP contribution in [0.5, 0.6) is 0 Å². The van der Waals surface area contributed by atoms with Crippen LogP contribution in [-0.2, 0) is 28.9 Å². The van der Waals surface area contributed by atoms with Crippen LogP contribution in [0, 0.1) is 0 Å². The third-order valence-electron chi connectivity index (χ3n) is 5.46. The molecule has 2 amide bonds. The molecule has 0 radical (unpaired) electrons. The van der Waals surface area contributed by atoms with Crippen molar-refractivity contribution in [1.29, 1.82) is 0 Å². The van der Waals surface area contributed by atoms with E-state index in [0.717, 1.165) is 44.3 Å². The lowest BCUT2D eigenvalue weighted by molar-refractivity contribution is -0.133. The van der Waals surface area contributed by atoms with Gasteiger partial charge in [-0.15, -0.1) is 0 Å². The number of amides is 2. The first kappa shape index (κ1) is 18.0. The van der Waals surface area contributed by atoms with Crippen LogP contribution in [-0.4, -0.2) is 47.8 Å². The summed E-state index contributed by atoms with van der Waals surface area (Å²) in [6.07, 6.45) is 7.57. The molecule has 4 nitrogen and oxygen atoms in total. The molecule has 1 aromatic carbocycles. The number of carbonyl (C=O) groups excluding carboxylic acids is 2. The van der Waals surface area contributed by atoms with Crippen LogP contribution in [0.2, 0.25) is 0 Å². The molecule has 1 aliphatic heterocycles. The largest absolute Gasteiger partial charge is 0.341 e. The number of aryl methyl sites for hydroxylation is 2. The van der Waals surface area contributed by atoms with E-state index in [1.807, 2.05) is 9.80 Å². The van der Waals surface area contributed by atoms with Crippen molar-refractivity contribution in [2.45, 2.75) is 58.3 Å². The predicted octanol–water partition coefficient (Wildman–Crippen LogP) is 2.97.